The highest BCUT2D eigenvalue weighted by Gasteiger charge is 2.50. The van der Waals surface area contributed by atoms with Crippen molar-refractivity contribution in [1.29, 1.82) is 0 Å². The van der Waals surface area contributed by atoms with Gasteiger partial charge in [-0.2, -0.15) is 8.78 Å². The van der Waals surface area contributed by atoms with Crippen LogP contribution in [0.4, 0.5) is 13.9 Å². The van der Waals surface area contributed by atoms with Gasteiger partial charge in [0.1, 0.15) is 17.1 Å². The van der Waals surface area contributed by atoms with Gasteiger partial charge in [-0.25, -0.2) is 9.78 Å². The van der Waals surface area contributed by atoms with Gasteiger partial charge >= 0.3 is 12.6 Å². The number of hydrogen-bond donors (Lipinski definition) is 3. The molecule has 0 radical (unpaired) electrons. The Morgan fingerprint density at radius 1 is 1.52 bits per heavy atom. The highest BCUT2D eigenvalue weighted by Crippen LogP contribution is 2.36. The molecule has 27 heavy (non-hydrogen) atoms. The van der Waals surface area contributed by atoms with Gasteiger partial charge in [0.15, 0.2) is 10.8 Å². The van der Waals surface area contributed by atoms with Gasteiger partial charge in [-0.3, -0.25) is 9.59 Å². The van der Waals surface area contributed by atoms with Crippen molar-refractivity contribution >= 4 is 51.7 Å². The minimum Gasteiger partial charge on any atom is -0.478 e. The standard InChI is InChI=1S/C13H11F2N5O5S2/c14-12(15)25-19-6(5-3-27-13(16)17-5)8(21)18-7-9(22)20-1-4(11(23)24)2-26-10(7)20/h1,3,7,10,12H,2H2,(H2,16,17)(H,18,21)(H,23,24)/t7?,10-/m1/s1. The molecule has 10 nitrogen and oxygen atoms in total. The third kappa shape index (κ3) is 3.85. The summed E-state index contributed by atoms with van der Waals surface area (Å²) >= 11 is 2.11. The number of carbonyl (C=O) groups excluding carboxylic acids is 2. The summed E-state index contributed by atoms with van der Waals surface area (Å²) in [6, 6.07) is -0.971. The molecular formula is C13H11F2N5O5S2. The van der Waals surface area contributed by atoms with Gasteiger partial charge in [-0.1, -0.05) is 5.16 Å². The molecule has 2 atom stereocenters. The van der Waals surface area contributed by atoms with E-state index in [9.17, 15) is 23.2 Å². The average Bonchev–Trinajstić information content (AvgIpc) is 3.04. The predicted molar refractivity (Wildman–Crippen MR) is 90.9 cm³/mol. The van der Waals surface area contributed by atoms with E-state index in [1.165, 1.54) is 16.5 Å². The Hall–Kier alpha value is -2.74. The van der Waals surface area contributed by atoms with Gasteiger partial charge in [0.2, 0.25) is 0 Å². The fourth-order valence-corrected chi connectivity index (χ4v) is 4.13. The molecule has 4 N–H and O–H groups in total. The van der Waals surface area contributed by atoms with E-state index in [1.54, 1.807) is 0 Å². The van der Waals surface area contributed by atoms with Crippen molar-refractivity contribution in [3.05, 3.63) is 22.8 Å². The number of thiazole rings is 1. The third-order valence-corrected chi connectivity index (χ3v) is 5.54. The number of carboxylic acids is 1. The number of nitrogens with zero attached hydrogens (tertiary/aromatic N) is 3. The highest BCUT2D eigenvalue weighted by molar-refractivity contribution is 8.00. The fraction of sp³-hybridized carbons (Fsp3) is 0.308. The molecule has 2 amide bonds. The maximum absolute atomic E-state index is 12.4. The number of fused-ring (bicyclic) bond motifs is 1. The Kier molecular flexibility index (Phi) is 5.27. The molecule has 2 aliphatic rings. The molecule has 3 heterocycles. The molecule has 0 aliphatic carbocycles. The van der Waals surface area contributed by atoms with Crippen LogP contribution in [0.1, 0.15) is 5.69 Å². The van der Waals surface area contributed by atoms with E-state index < -0.39 is 41.5 Å². The molecule has 1 aromatic heterocycles. The molecule has 1 aromatic rings. The van der Waals surface area contributed by atoms with Crippen LogP contribution in [0.25, 0.3) is 0 Å². The lowest BCUT2D eigenvalue weighted by Gasteiger charge is -2.46. The Morgan fingerprint density at radius 2 is 2.26 bits per heavy atom. The second-order valence-corrected chi connectivity index (χ2v) is 7.23. The van der Waals surface area contributed by atoms with Crippen LogP contribution in [0.3, 0.4) is 0 Å². The van der Waals surface area contributed by atoms with E-state index in [-0.39, 0.29) is 22.2 Å². The number of oxime groups is 1. The van der Waals surface area contributed by atoms with Gasteiger partial charge in [0.25, 0.3) is 11.8 Å². The van der Waals surface area contributed by atoms with Crippen LogP contribution in [0.15, 0.2) is 22.3 Å². The molecule has 144 valence electrons. The number of rotatable bonds is 6. The average molecular weight is 419 g/mol. The number of hydrogen-bond acceptors (Lipinski definition) is 9. The van der Waals surface area contributed by atoms with Crippen molar-refractivity contribution in [3.63, 3.8) is 0 Å². The number of alkyl halides is 2. The Bertz CT molecular complexity index is 858. The van der Waals surface area contributed by atoms with Crippen molar-refractivity contribution in [2.75, 3.05) is 11.5 Å². The number of halogens is 2. The van der Waals surface area contributed by atoms with E-state index in [1.807, 2.05) is 0 Å². The van der Waals surface area contributed by atoms with Gasteiger partial charge in [0.05, 0.1) is 5.57 Å². The topological polar surface area (TPSA) is 147 Å². The number of nitrogens with one attached hydrogen (secondary N) is 1. The summed E-state index contributed by atoms with van der Waals surface area (Å²) in [6.45, 7) is -3.25. The number of amides is 2. The maximum atomic E-state index is 12.4. The van der Waals surface area contributed by atoms with Crippen LogP contribution in [-0.4, -0.2) is 62.3 Å². The number of thioether (sulfide) groups is 1. The molecule has 1 saturated heterocycles. The first kappa shape index (κ1) is 19.0. The smallest absolute Gasteiger partial charge is 0.407 e. The van der Waals surface area contributed by atoms with Crippen LogP contribution in [0, 0.1) is 0 Å². The van der Waals surface area contributed by atoms with Crippen molar-refractivity contribution in [3.8, 4) is 0 Å². The summed E-state index contributed by atoms with van der Waals surface area (Å²) in [4.78, 5) is 44.4. The molecule has 2 aliphatic heterocycles. The number of nitrogens with two attached hydrogens (primary N) is 1. The van der Waals surface area contributed by atoms with Crippen LogP contribution >= 0.6 is 23.1 Å². The lowest BCUT2D eigenvalue weighted by Crippen LogP contribution is -2.69. The number of aliphatic carboxylic acids is 1. The van der Waals surface area contributed by atoms with E-state index >= 15 is 0 Å². The van der Waals surface area contributed by atoms with Crippen molar-refractivity contribution in [1.82, 2.24) is 15.2 Å². The SMILES string of the molecule is Nc1nc(C(=NOC(F)F)C(=O)NC2C(=O)N3C=C(C(=O)O)CS[C@H]23)cs1. The minimum absolute atomic E-state index is 0.0555. The molecule has 0 saturated carbocycles. The van der Waals surface area contributed by atoms with E-state index in [0.29, 0.717) is 0 Å². The minimum atomic E-state index is -3.25. The molecule has 0 bridgehead atoms. The van der Waals surface area contributed by atoms with Gasteiger partial charge in [0, 0.05) is 17.3 Å². The van der Waals surface area contributed by atoms with E-state index in [4.69, 9.17) is 10.8 Å². The number of carboxylic acid groups (broad SMARTS) is 1. The summed E-state index contributed by atoms with van der Waals surface area (Å²) in [5.74, 6) is -2.48. The van der Waals surface area contributed by atoms with Crippen LogP contribution in [-0.2, 0) is 19.2 Å². The molecular weight excluding hydrogens is 408 g/mol. The zero-order chi connectivity index (χ0) is 19.7. The van der Waals surface area contributed by atoms with Crippen LogP contribution in [0.2, 0.25) is 0 Å². The predicted octanol–water partition coefficient (Wildman–Crippen LogP) is 0.0370. The summed E-state index contributed by atoms with van der Waals surface area (Å²) in [5.41, 5.74) is 4.89. The van der Waals surface area contributed by atoms with Crippen LogP contribution in [0.5, 0.6) is 0 Å². The fourth-order valence-electron chi connectivity index (χ4n) is 2.33. The first-order valence-electron chi connectivity index (χ1n) is 7.20. The highest BCUT2D eigenvalue weighted by atomic mass is 32.2. The molecule has 1 fully saturated rings. The number of carbonyl (C=O) groups is 3. The summed E-state index contributed by atoms with van der Waals surface area (Å²) in [6.07, 6.45) is 1.21. The summed E-state index contributed by atoms with van der Waals surface area (Å²) in [5, 5.41) is 15.4. The number of nitrogen functional groups attached to an aromatic ring is 1. The Morgan fingerprint density at radius 3 is 2.85 bits per heavy atom. The summed E-state index contributed by atoms with van der Waals surface area (Å²) in [7, 11) is 0. The normalized spacial score (nSPS) is 22.0. The van der Waals surface area contributed by atoms with Gasteiger partial charge < -0.3 is 25.9 Å². The third-order valence-electron chi connectivity index (χ3n) is 3.55. The Labute approximate surface area is 158 Å². The first-order chi connectivity index (χ1) is 12.8. The van der Waals surface area contributed by atoms with Crippen molar-refractivity contribution in [2.45, 2.75) is 18.0 Å². The maximum Gasteiger partial charge on any atom is 0.407 e. The van der Waals surface area contributed by atoms with Crippen molar-refractivity contribution in [2.24, 2.45) is 5.16 Å². The largest absolute Gasteiger partial charge is 0.478 e. The van der Waals surface area contributed by atoms with Gasteiger partial charge in [-0.15, -0.1) is 23.1 Å². The number of aromatic nitrogens is 1. The molecule has 0 spiro atoms. The van der Waals surface area contributed by atoms with E-state index in [0.717, 1.165) is 23.1 Å². The van der Waals surface area contributed by atoms with Crippen LogP contribution < -0.4 is 11.1 Å². The summed E-state index contributed by atoms with van der Waals surface area (Å²) < 4.78 is 24.6. The molecule has 3 rings (SSSR count). The lowest BCUT2D eigenvalue weighted by atomic mass is 10.1. The quantitative estimate of drug-likeness (QED) is 0.333. The molecule has 1 unspecified atom stereocenters. The second kappa shape index (κ2) is 7.48. The van der Waals surface area contributed by atoms with E-state index in [2.05, 4.69) is 20.3 Å². The monoisotopic (exact) mass is 419 g/mol. The zero-order valence-electron chi connectivity index (χ0n) is 13.2. The van der Waals surface area contributed by atoms with Crippen molar-refractivity contribution < 1.29 is 33.1 Å². The first-order valence-corrected chi connectivity index (χ1v) is 9.12. The molecule has 14 heteroatoms. The number of anilines is 1. The Balaban J connectivity index is 1.74. The lowest BCUT2D eigenvalue weighted by molar-refractivity contribution is -0.144. The van der Waals surface area contributed by atoms with Gasteiger partial charge in [-0.05, 0) is 0 Å². The second-order valence-electron chi connectivity index (χ2n) is 5.23. The zero-order valence-corrected chi connectivity index (χ0v) is 14.8. The molecule has 0 aromatic carbocycles. The number of β-lactam (4-membered cyclic amide) rings is 1.